The minimum atomic E-state index is -0.520. The van der Waals surface area contributed by atoms with Gasteiger partial charge in [-0.15, -0.1) is 0 Å². The van der Waals surface area contributed by atoms with Crippen LogP contribution in [0.3, 0.4) is 0 Å². The van der Waals surface area contributed by atoms with E-state index < -0.39 is 11.8 Å². The predicted octanol–water partition coefficient (Wildman–Crippen LogP) is 4.85. The maximum Gasteiger partial charge on any atom is 0.340 e. The van der Waals surface area contributed by atoms with E-state index in [1.54, 1.807) is 50.1 Å². The molecule has 3 aromatic heterocycles. The lowest BCUT2D eigenvalue weighted by molar-refractivity contribution is 0.0525. The van der Waals surface area contributed by atoms with Crippen molar-refractivity contribution in [3.8, 4) is 23.0 Å². The molecular weight excluding hydrogens is 442 g/mol. The van der Waals surface area contributed by atoms with E-state index >= 15 is 0 Å². The summed E-state index contributed by atoms with van der Waals surface area (Å²) in [6.07, 6.45) is 6.61. The van der Waals surface area contributed by atoms with E-state index in [2.05, 4.69) is 9.97 Å². The van der Waals surface area contributed by atoms with Gasteiger partial charge in [0.15, 0.2) is 0 Å². The highest BCUT2D eigenvalue weighted by Gasteiger charge is 2.25. The molecule has 0 unspecified atom stereocenters. The van der Waals surface area contributed by atoms with Crippen molar-refractivity contribution in [1.29, 1.82) is 5.26 Å². The zero-order valence-electron chi connectivity index (χ0n) is 19.6. The molecule has 0 amide bonds. The van der Waals surface area contributed by atoms with Gasteiger partial charge in [-0.1, -0.05) is 18.2 Å². The van der Waals surface area contributed by atoms with Gasteiger partial charge in [-0.05, 0) is 56.7 Å². The monoisotopic (exact) mass is 465 g/mol. The molecule has 0 atom stereocenters. The number of aryl methyl sites for hydroxylation is 1. The minimum absolute atomic E-state index is 0.0949. The summed E-state index contributed by atoms with van der Waals surface area (Å²) in [5.74, 6) is -1.03. The normalized spacial score (nSPS) is 11.2. The number of H-pyrrole nitrogens is 1. The first-order valence-corrected chi connectivity index (χ1v) is 11.0. The van der Waals surface area contributed by atoms with E-state index in [9.17, 15) is 14.9 Å². The van der Waals surface area contributed by atoms with Crippen molar-refractivity contribution in [1.82, 2.24) is 19.7 Å². The van der Waals surface area contributed by atoms with Crippen LogP contribution in [-0.4, -0.2) is 38.1 Å². The molecule has 0 radical (unpaired) electrons. The first kappa shape index (κ1) is 23.4. The van der Waals surface area contributed by atoms with Crippen molar-refractivity contribution < 1.29 is 14.3 Å². The van der Waals surface area contributed by atoms with Crippen molar-refractivity contribution in [3.63, 3.8) is 0 Å². The molecule has 0 aliphatic carbocycles. The molecule has 0 fully saturated rings. The number of ether oxygens (including phenoxy) is 1. The number of aromatic nitrogens is 4. The fraction of sp³-hybridized carbons (Fsp3) is 0.148. The van der Waals surface area contributed by atoms with Crippen LogP contribution < -0.4 is 0 Å². The van der Waals surface area contributed by atoms with Crippen molar-refractivity contribution >= 4 is 17.8 Å². The lowest BCUT2D eigenvalue weighted by atomic mass is 10.0. The number of ketones is 1. The standard InChI is InChI=1S/C27H23N5O3/c1-4-35-27(34)23-17(2)24(30-18(23)3)26(33)20(14-28)13-21-16-32(22-10-6-5-7-11-22)31-25(21)19-9-8-12-29-15-19/h5-13,15-16,30H,4H2,1-3H3/b20-13+. The lowest BCUT2D eigenvalue weighted by Gasteiger charge is -2.03. The van der Waals surface area contributed by atoms with Gasteiger partial charge in [0.2, 0.25) is 5.78 Å². The summed E-state index contributed by atoms with van der Waals surface area (Å²) < 4.78 is 6.80. The first-order chi connectivity index (χ1) is 16.9. The maximum absolute atomic E-state index is 13.4. The highest BCUT2D eigenvalue weighted by molar-refractivity contribution is 6.15. The number of nitrogens with zero attached hydrogens (tertiary/aromatic N) is 4. The number of hydrogen-bond donors (Lipinski definition) is 1. The molecule has 4 rings (SSSR count). The molecule has 0 aliphatic rings. The predicted molar refractivity (Wildman–Crippen MR) is 131 cm³/mol. The molecule has 0 aliphatic heterocycles. The number of rotatable bonds is 7. The van der Waals surface area contributed by atoms with Crippen LogP contribution in [0.4, 0.5) is 0 Å². The Morgan fingerprint density at radius 1 is 1.17 bits per heavy atom. The van der Waals surface area contributed by atoms with Gasteiger partial charge in [0.25, 0.3) is 0 Å². The number of aromatic amines is 1. The van der Waals surface area contributed by atoms with Crippen LogP contribution in [-0.2, 0) is 4.74 Å². The molecular formula is C27H23N5O3. The Kier molecular flexibility index (Phi) is 6.69. The summed E-state index contributed by atoms with van der Waals surface area (Å²) in [6, 6.07) is 15.2. The molecule has 0 bridgehead atoms. The number of benzene rings is 1. The molecule has 0 saturated carbocycles. The average Bonchev–Trinajstić information content (AvgIpc) is 3.43. The number of allylic oxidation sites excluding steroid dienone is 1. The Hall–Kier alpha value is -4.77. The zero-order chi connectivity index (χ0) is 24.9. The number of pyridine rings is 1. The van der Waals surface area contributed by atoms with E-state index in [0.717, 1.165) is 11.3 Å². The molecule has 3 heterocycles. The molecule has 35 heavy (non-hydrogen) atoms. The van der Waals surface area contributed by atoms with Crippen molar-refractivity contribution in [3.05, 3.63) is 94.7 Å². The quantitative estimate of drug-likeness (QED) is 0.181. The molecule has 0 spiro atoms. The number of carbonyl (C=O) groups excluding carboxylic acids is 2. The minimum Gasteiger partial charge on any atom is -0.462 e. The Labute approximate surface area is 202 Å². The smallest absolute Gasteiger partial charge is 0.340 e. The van der Waals surface area contributed by atoms with Crippen molar-refractivity contribution in [2.24, 2.45) is 0 Å². The van der Waals surface area contributed by atoms with Gasteiger partial charge < -0.3 is 9.72 Å². The molecule has 4 aromatic rings. The number of carbonyl (C=O) groups is 2. The van der Waals surface area contributed by atoms with Crippen LogP contribution in [0.25, 0.3) is 23.0 Å². The second-order valence-corrected chi connectivity index (χ2v) is 7.80. The number of nitriles is 1. The first-order valence-electron chi connectivity index (χ1n) is 11.0. The van der Waals surface area contributed by atoms with Gasteiger partial charge in [-0.2, -0.15) is 10.4 Å². The van der Waals surface area contributed by atoms with Crippen LogP contribution in [0.1, 0.15) is 44.6 Å². The zero-order valence-corrected chi connectivity index (χ0v) is 19.6. The van der Waals surface area contributed by atoms with Crippen LogP contribution in [0.2, 0.25) is 0 Å². The molecule has 8 heteroatoms. The fourth-order valence-electron chi connectivity index (χ4n) is 3.86. The average molecular weight is 466 g/mol. The van der Waals surface area contributed by atoms with E-state index in [1.807, 2.05) is 42.5 Å². The number of Topliss-reactive ketones (excluding diaryl/α,β-unsaturated/α-hetero) is 1. The summed E-state index contributed by atoms with van der Waals surface area (Å²) in [5.41, 5.74) is 4.08. The lowest BCUT2D eigenvalue weighted by Crippen LogP contribution is -2.08. The van der Waals surface area contributed by atoms with Crippen molar-refractivity contribution in [2.75, 3.05) is 6.61 Å². The summed E-state index contributed by atoms with van der Waals surface area (Å²) in [6.45, 7) is 5.29. The SMILES string of the molecule is CCOC(=O)c1c(C)[nH]c(C(=O)/C(C#N)=C/c2cn(-c3ccccc3)nc2-c2cccnc2)c1C. The third-order valence-corrected chi connectivity index (χ3v) is 5.51. The number of hydrogen-bond acceptors (Lipinski definition) is 6. The van der Waals surface area contributed by atoms with Crippen LogP contribution in [0, 0.1) is 25.2 Å². The summed E-state index contributed by atoms with van der Waals surface area (Å²) in [5, 5.41) is 14.6. The largest absolute Gasteiger partial charge is 0.462 e. The van der Waals surface area contributed by atoms with Gasteiger partial charge in [0.1, 0.15) is 17.3 Å². The summed E-state index contributed by atoms with van der Waals surface area (Å²) >= 11 is 0. The number of para-hydroxylation sites is 1. The van der Waals surface area contributed by atoms with E-state index in [-0.39, 0.29) is 17.9 Å². The highest BCUT2D eigenvalue weighted by atomic mass is 16.5. The van der Waals surface area contributed by atoms with E-state index in [1.165, 1.54) is 6.08 Å². The molecule has 1 N–H and O–H groups in total. The summed E-state index contributed by atoms with van der Waals surface area (Å²) in [4.78, 5) is 32.8. The Morgan fingerprint density at radius 2 is 1.94 bits per heavy atom. The van der Waals surface area contributed by atoms with E-state index in [4.69, 9.17) is 9.84 Å². The molecule has 1 aromatic carbocycles. The van der Waals surface area contributed by atoms with Gasteiger partial charge in [-0.25, -0.2) is 9.48 Å². The highest BCUT2D eigenvalue weighted by Crippen LogP contribution is 2.27. The van der Waals surface area contributed by atoms with Crippen molar-refractivity contribution in [2.45, 2.75) is 20.8 Å². The topological polar surface area (TPSA) is 114 Å². The fourth-order valence-corrected chi connectivity index (χ4v) is 3.86. The van der Waals surface area contributed by atoms with Gasteiger partial charge >= 0.3 is 5.97 Å². The van der Waals surface area contributed by atoms with Gasteiger partial charge in [0.05, 0.1) is 23.6 Å². The second-order valence-electron chi connectivity index (χ2n) is 7.80. The Bertz CT molecular complexity index is 1460. The van der Waals surface area contributed by atoms with Crippen LogP contribution in [0.5, 0.6) is 0 Å². The number of nitrogens with one attached hydrogen (secondary N) is 1. The third-order valence-electron chi connectivity index (χ3n) is 5.51. The second kappa shape index (κ2) is 10.0. The van der Waals surface area contributed by atoms with Gasteiger partial charge in [0, 0.05) is 35.4 Å². The molecule has 0 saturated heterocycles. The van der Waals surface area contributed by atoms with Crippen LogP contribution in [0.15, 0.2) is 66.6 Å². The number of esters is 1. The van der Waals surface area contributed by atoms with E-state index in [0.29, 0.717) is 28.1 Å². The Balaban J connectivity index is 1.80. The Morgan fingerprint density at radius 3 is 2.60 bits per heavy atom. The molecule has 8 nitrogen and oxygen atoms in total. The molecule has 174 valence electrons. The van der Waals surface area contributed by atoms with Crippen LogP contribution >= 0.6 is 0 Å². The maximum atomic E-state index is 13.4. The third kappa shape index (κ3) is 4.66. The van der Waals surface area contributed by atoms with Gasteiger partial charge in [-0.3, -0.25) is 9.78 Å². The summed E-state index contributed by atoms with van der Waals surface area (Å²) in [7, 11) is 0.